The van der Waals surface area contributed by atoms with Gasteiger partial charge in [-0.1, -0.05) is 17.4 Å². The molecule has 0 bridgehead atoms. The third kappa shape index (κ3) is 4.42. The lowest BCUT2D eigenvalue weighted by Crippen LogP contribution is -2.27. The molecule has 148 valence electrons. The Labute approximate surface area is 167 Å². The van der Waals surface area contributed by atoms with Crippen molar-refractivity contribution >= 4 is 34.1 Å². The molecule has 0 fully saturated rings. The molecule has 5 N–H and O–H groups in total. The number of aromatic nitrogens is 3. The molecule has 8 nitrogen and oxygen atoms in total. The van der Waals surface area contributed by atoms with Gasteiger partial charge < -0.3 is 20.8 Å². The van der Waals surface area contributed by atoms with Crippen molar-refractivity contribution in [2.75, 3.05) is 23.4 Å². The highest BCUT2D eigenvalue weighted by molar-refractivity contribution is 7.19. The number of ether oxygens (including phenoxy) is 1. The van der Waals surface area contributed by atoms with Crippen molar-refractivity contribution < 1.29 is 9.53 Å². The molecule has 0 saturated carbocycles. The van der Waals surface area contributed by atoms with E-state index in [1.807, 2.05) is 45.9 Å². The van der Waals surface area contributed by atoms with Crippen molar-refractivity contribution in [2.45, 2.75) is 33.3 Å². The predicted molar refractivity (Wildman–Crippen MR) is 114 cm³/mol. The van der Waals surface area contributed by atoms with Gasteiger partial charge in [0.15, 0.2) is 5.13 Å². The normalized spacial score (nSPS) is 11.3. The molecule has 0 atom stereocenters. The SMILES string of the molecule is CNc1nc(N)c(-c2cnc(-c3cc(NC(=O)OC(C)(C)C)ccc3C)[nH]2)s1. The number of nitrogens with zero attached hydrogens (tertiary/aromatic N) is 2. The summed E-state index contributed by atoms with van der Waals surface area (Å²) < 4.78 is 5.31. The number of nitrogen functional groups attached to an aromatic ring is 1. The lowest BCUT2D eigenvalue weighted by atomic mass is 10.1. The summed E-state index contributed by atoms with van der Waals surface area (Å²) in [7, 11) is 1.80. The molecule has 9 heteroatoms. The number of carbonyl (C=O) groups excluding carboxylic acids is 1. The second-order valence-corrected chi connectivity index (χ2v) is 8.28. The van der Waals surface area contributed by atoms with Gasteiger partial charge in [-0.3, -0.25) is 5.32 Å². The maximum absolute atomic E-state index is 12.0. The van der Waals surface area contributed by atoms with Gasteiger partial charge in [-0.25, -0.2) is 14.8 Å². The Kier molecular flexibility index (Phi) is 5.28. The number of nitrogens with one attached hydrogen (secondary N) is 3. The fraction of sp³-hybridized carbons (Fsp3) is 0.316. The molecule has 3 rings (SSSR count). The average Bonchev–Trinajstić information content (AvgIpc) is 3.21. The number of aromatic amines is 1. The number of thiazole rings is 1. The topological polar surface area (TPSA) is 118 Å². The van der Waals surface area contributed by atoms with Gasteiger partial charge in [-0.05, 0) is 45.4 Å². The van der Waals surface area contributed by atoms with Crippen molar-refractivity contribution in [3.63, 3.8) is 0 Å². The quantitative estimate of drug-likeness (QED) is 0.513. The number of H-pyrrole nitrogens is 1. The van der Waals surface area contributed by atoms with E-state index in [1.54, 1.807) is 13.2 Å². The first-order valence-corrected chi connectivity index (χ1v) is 9.58. The van der Waals surface area contributed by atoms with Gasteiger partial charge in [0.2, 0.25) is 0 Å². The summed E-state index contributed by atoms with van der Waals surface area (Å²) in [4.78, 5) is 24.9. The van der Waals surface area contributed by atoms with Crippen molar-refractivity contribution in [1.29, 1.82) is 0 Å². The molecular formula is C19H24N6O2S. The minimum atomic E-state index is -0.561. The maximum Gasteiger partial charge on any atom is 0.412 e. The van der Waals surface area contributed by atoms with E-state index in [2.05, 4.69) is 25.6 Å². The lowest BCUT2D eigenvalue weighted by Gasteiger charge is -2.20. The van der Waals surface area contributed by atoms with E-state index in [0.717, 1.165) is 26.8 Å². The smallest absolute Gasteiger partial charge is 0.412 e. The van der Waals surface area contributed by atoms with Crippen molar-refractivity contribution in [3.8, 4) is 22.0 Å². The number of anilines is 3. The third-order valence-electron chi connectivity index (χ3n) is 3.83. The zero-order chi connectivity index (χ0) is 20.5. The summed E-state index contributed by atoms with van der Waals surface area (Å²) in [6.45, 7) is 7.45. The highest BCUT2D eigenvalue weighted by atomic mass is 32.1. The van der Waals surface area contributed by atoms with Crippen LogP contribution in [0.5, 0.6) is 0 Å². The van der Waals surface area contributed by atoms with Crippen LogP contribution in [0.4, 0.5) is 21.4 Å². The summed E-state index contributed by atoms with van der Waals surface area (Å²) in [6, 6.07) is 5.61. The van der Waals surface area contributed by atoms with Crippen LogP contribution in [-0.2, 0) is 4.74 Å². The first-order chi connectivity index (χ1) is 13.2. The zero-order valence-corrected chi connectivity index (χ0v) is 17.3. The molecule has 1 aromatic carbocycles. The molecular weight excluding hydrogens is 376 g/mol. The van der Waals surface area contributed by atoms with Gasteiger partial charge in [0.05, 0.1) is 16.8 Å². The van der Waals surface area contributed by atoms with Crippen molar-refractivity contribution in [1.82, 2.24) is 15.0 Å². The zero-order valence-electron chi connectivity index (χ0n) is 16.5. The number of amides is 1. The van der Waals surface area contributed by atoms with E-state index in [1.165, 1.54) is 11.3 Å². The number of carbonyl (C=O) groups is 1. The summed E-state index contributed by atoms with van der Waals surface area (Å²) >= 11 is 1.45. The van der Waals surface area contributed by atoms with E-state index in [4.69, 9.17) is 10.5 Å². The average molecular weight is 401 g/mol. The second-order valence-electron chi connectivity index (χ2n) is 7.29. The summed E-state index contributed by atoms with van der Waals surface area (Å²) in [5, 5.41) is 6.48. The van der Waals surface area contributed by atoms with Gasteiger partial charge in [0.25, 0.3) is 0 Å². The molecule has 0 aliphatic rings. The van der Waals surface area contributed by atoms with Gasteiger partial charge in [-0.2, -0.15) is 0 Å². The highest BCUT2D eigenvalue weighted by Crippen LogP contribution is 2.35. The third-order valence-corrected chi connectivity index (χ3v) is 4.95. The molecule has 2 heterocycles. The Morgan fingerprint density at radius 2 is 2.07 bits per heavy atom. The number of hydrogen-bond donors (Lipinski definition) is 4. The van der Waals surface area contributed by atoms with Crippen LogP contribution in [-0.4, -0.2) is 33.7 Å². The van der Waals surface area contributed by atoms with Crippen LogP contribution >= 0.6 is 11.3 Å². The molecule has 0 spiro atoms. The minimum absolute atomic E-state index is 0.446. The number of rotatable bonds is 4. The monoisotopic (exact) mass is 400 g/mol. The Hall–Kier alpha value is -3.07. The molecule has 0 unspecified atom stereocenters. The van der Waals surface area contributed by atoms with Crippen LogP contribution in [0.3, 0.4) is 0 Å². The molecule has 0 radical (unpaired) electrons. The molecule has 0 saturated heterocycles. The molecule has 28 heavy (non-hydrogen) atoms. The Morgan fingerprint density at radius 1 is 1.32 bits per heavy atom. The first kappa shape index (κ1) is 19.7. The van der Waals surface area contributed by atoms with Gasteiger partial charge in [-0.15, -0.1) is 0 Å². The fourth-order valence-corrected chi connectivity index (χ4v) is 3.38. The number of benzene rings is 1. The number of imidazole rings is 1. The lowest BCUT2D eigenvalue weighted by molar-refractivity contribution is 0.0636. The van der Waals surface area contributed by atoms with Gasteiger partial charge in [0.1, 0.15) is 17.2 Å². The number of hydrogen-bond acceptors (Lipinski definition) is 7. The predicted octanol–water partition coefficient (Wildman–Crippen LogP) is 4.48. The van der Waals surface area contributed by atoms with Crippen molar-refractivity contribution in [3.05, 3.63) is 30.0 Å². The maximum atomic E-state index is 12.0. The minimum Gasteiger partial charge on any atom is -0.444 e. The summed E-state index contributed by atoms with van der Waals surface area (Å²) in [6.07, 6.45) is 1.23. The largest absolute Gasteiger partial charge is 0.444 e. The van der Waals surface area contributed by atoms with E-state index < -0.39 is 11.7 Å². The molecule has 0 aliphatic heterocycles. The van der Waals surface area contributed by atoms with Crippen LogP contribution < -0.4 is 16.4 Å². The Bertz CT molecular complexity index is 1000. The van der Waals surface area contributed by atoms with Crippen molar-refractivity contribution in [2.24, 2.45) is 0 Å². The summed E-state index contributed by atoms with van der Waals surface area (Å²) in [5.74, 6) is 1.13. The Morgan fingerprint density at radius 3 is 2.71 bits per heavy atom. The number of aryl methyl sites for hydroxylation is 1. The van der Waals surface area contributed by atoms with E-state index in [0.29, 0.717) is 17.3 Å². The van der Waals surface area contributed by atoms with Gasteiger partial charge >= 0.3 is 6.09 Å². The van der Waals surface area contributed by atoms with Gasteiger partial charge in [0, 0.05) is 18.3 Å². The fourth-order valence-electron chi connectivity index (χ4n) is 2.58. The highest BCUT2D eigenvalue weighted by Gasteiger charge is 2.18. The summed E-state index contributed by atoms with van der Waals surface area (Å²) in [5.41, 5.74) is 8.75. The van der Waals surface area contributed by atoms with Crippen LogP contribution in [0.25, 0.3) is 22.0 Å². The first-order valence-electron chi connectivity index (χ1n) is 8.77. The van der Waals surface area contributed by atoms with Crippen LogP contribution in [0, 0.1) is 6.92 Å². The molecule has 1 amide bonds. The van der Waals surface area contributed by atoms with Crippen LogP contribution in [0.1, 0.15) is 26.3 Å². The molecule has 3 aromatic rings. The molecule has 0 aliphatic carbocycles. The standard InChI is InChI=1S/C19H24N6O2S/c1-10-6-7-11(23-18(26)27-19(2,3)4)8-12(10)16-22-9-13(24-16)14-15(20)25-17(21-5)28-14/h6-9H,20H2,1-5H3,(H,21,25)(H,22,24)(H,23,26). The molecule has 2 aromatic heterocycles. The van der Waals surface area contributed by atoms with Crippen LogP contribution in [0.15, 0.2) is 24.4 Å². The number of nitrogens with two attached hydrogens (primary N) is 1. The second kappa shape index (κ2) is 7.51. The van der Waals surface area contributed by atoms with E-state index in [-0.39, 0.29) is 0 Å². The van der Waals surface area contributed by atoms with E-state index in [9.17, 15) is 4.79 Å². The van der Waals surface area contributed by atoms with Crippen LogP contribution in [0.2, 0.25) is 0 Å². The van der Waals surface area contributed by atoms with E-state index >= 15 is 0 Å². The Balaban J connectivity index is 1.87.